The monoisotopic (exact) mass is 806 g/mol. The van der Waals surface area contributed by atoms with Gasteiger partial charge in [0.2, 0.25) is 0 Å². The van der Waals surface area contributed by atoms with Crippen molar-refractivity contribution in [2.45, 2.75) is 272 Å². The molecular weight excluding hydrogens is 707 g/mol. The highest BCUT2D eigenvalue weighted by molar-refractivity contribution is 5.77. The van der Waals surface area contributed by atoms with E-state index in [-0.39, 0.29) is 30.1 Å². The summed E-state index contributed by atoms with van der Waals surface area (Å²) in [5.41, 5.74) is -0.672. The minimum absolute atomic E-state index is 0.0392. The van der Waals surface area contributed by atoms with Crippen molar-refractivity contribution >= 4 is 11.9 Å². The van der Waals surface area contributed by atoms with Crippen molar-refractivity contribution < 1.29 is 24.2 Å². The molecule has 0 heterocycles. The summed E-state index contributed by atoms with van der Waals surface area (Å²) in [7, 11) is 0. The van der Waals surface area contributed by atoms with Crippen LogP contribution in [0.25, 0.3) is 0 Å². The third kappa shape index (κ3) is 28.1. The molecule has 57 heavy (non-hydrogen) atoms. The molecule has 0 aromatic carbocycles. The van der Waals surface area contributed by atoms with Crippen LogP contribution in [0.1, 0.15) is 266 Å². The lowest BCUT2D eigenvalue weighted by atomic mass is 9.71. The predicted octanol–water partition coefficient (Wildman–Crippen LogP) is 14.9. The van der Waals surface area contributed by atoms with Gasteiger partial charge in [0.05, 0.1) is 24.0 Å². The van der Waals surface area contributed by atoms with E-state index in [1.54, 1.807) is 0 Å². The first-order valence-corrected chi connectivity index (χ1v) is 25.5. The maximum absolute atomic E-state index is 14.0. The molecule has 6 nitrogen and oxygen atoms in total. The number of carbonyl (C=O) groups is 2. The van der Waals surface area contributed by atoms with E-state index >= 15 is 0 Å². The van der Waals surface area contributed by atoms with Gasteiger partial charge in [0.25, 0.3) is 0 Å². The van der Waals surface area contributed by atoms with Crippen molar-refractivity contribution in [3.8, 4) is 0 Å². The lowest BCUT2D eigenvalue weighted by molar-refractivity contribution is -0.165. The molecule has 1 fully saturated rings. The van der Waals surface area contributed by atoms with Gasteiger partial charge >= 0.3 is 11.9 Å². The van der Waals surface area contributed by atoms with E-state index < -0.39 is 5.41 Å². The van der Waals surface area contributed by atoms with Crippen molar-refractivity contribution in [2.75, 3.05) is 32.8 Å². The molecule has 1 aliphatic rings. The molecule has 0 atom stereocenters. The Balaban J connectivity index is 2.40. The summed E-state index contributed by atoms with van der Waals surface area (Å²) in [5.74, 6) is 0.100. The van der Waals surface area contributed by atoms with Crippen LogP contribution in [-0.4, -0.2) is 60.9 Å². The van der Waals surface area contributed by atoms with Crippen molar-refractivity contribution in [2.24, 2.45) is 10.8 Å². The number of carbonyl (C=O) groups excluding carboxylic acids is 2. The van der Waals surface area contributed by atoms with Gasteiger partial charge in [-0.3, -0.25) is 9.59 Å². The largest absolute Gasteiger partial charge is 0.465 e. The van der Waals surface area contributed by atoms with Crippen LogP contribution in [0.4, 0.5) is 0 Å². The zero-order valence-corrected chi connectivity index (χ0v) is 39.1. The Labute approximate surface area is 355 Å². The Morgan fingerprint density at radius 1 is 0.579 bits per heavy atom. The van der Waals surface area contributed by atoms with Crippen LogP contribution in [0.3, 0.4) is 0 Å². The first-order chi connectivity index (χ1) is 27.7. The number of rotatable bonds is 41. The highest BCUT2D eigenvalue weighted by atomic mass is 16.5. The molecule has 0 aromatic rings. The van der Waals surface area contributed by atoms with Gasteiger partial charge in [-0.2, -0.15) is 0 Å². The Hall–Kier alpha value is -1.14. The van der Waals surface area contributed by atoms with Crippen molar-refractivity contribution in [3.05, 3.63) is 0 Å². The van der Waals surface area contributed by atoms with E-state index in [1.807, 2.05) is 13.8 Å². The Kier molecular flexibility index (Phi) is 34.7. The lowest BCUT2D eigenvalue weighted by Gasteiger charge is -2.36. The van der Waals surface area contributed by atoms with Gasteiger partial charge in [-0.15, -0.1) is 0 Å². The average molecular weight is 806 g/mol. The number of hydrogen-bond donors (Lipinski definition) is 1. The molecule has 1 saturated carbocycles. The van der Waals surface area contributed by atoms with Crippen LogP contribution in [0, 0.1) is 10.8 Å². The molecule has 0 aliphatic heterocycles. The second-order valence-electron chi connectivity index (χ2n) is 19.0. The highest BCUT2D eigenvalue weighted by Gasteiger charge is 2.41. The fraction of sp³-hybridized carbons (Fsp3) is 0.961. The fourth-order valence-corrected chi connectivity index (χ4v) is 9.03. The molecule has 0 radical (unpaired) electrons. The van der Waals surface area contributed by atoms with E-state index in [0.717, 1.165) is 129 Å². The topological polar surface area (TPSA) is 76.1 Å². The molecule has 0 amide bonds. The summed E-state index contributed by atoms with van der Waals surface area (Å²) in [6.45, 7) is 14.4. The molecule has 0 aromatic heterocycles. The molecule has 0 saturated heterocycles. The summed E-state index contributed by atoms with van der Waals surface area (Å²) in [6, 6.07) is 0. The summed E-state index contributed by atoms with van der Waals surface area (Å²) >= 11 is 0. The number of ether oxygens (including phenoxy) is 2. The van der Waals surface area contributed by atoms with Crippen LogP contribution in [0.2, 0.25) is 0 Å². The zero-order chi connectivity index (χ0) is 41.7. The highest BCUT2D eigenvalue weighted by Crippen LogP contribution is 2.42. The maximum atomic E-state index is 14.0. The normalized spacial score (nSPS) is 14.5. The Morgan fingerprint density at radius 3 is 1.56 bits per heavy atom. The second kappa shape index (κ2) is 36.7. The summed E-state index contributed by atoms with van der Waals surface area (Å²) in [5, 5.41) is 9.74. The molecule has 1 aliphatic carbocycles. The minimum Gasteiger partial charge on any atom is -0.465 e. The first kappa shape index (κ1) is 53.9. The predicted molar refractivity (Wildman–Crippen MR) is 244 cm³/mol. The van der Waals surface area contributed by atoms with Gasteiger partial charge in [-0.1, -0.05) is 181 Å². The third-order valence-electron chi connectivity index (χ3n) is 13.1. The smallest absolute Gasteiger partial charge is 0.312 e. The van der Waals surface area contributed by atoms with E-state index in [4.69, 9.17) is 9.47 Å². The van der Waals surface area contributed by atoms with E-state index in [9.17, 15) is 14.7 Å². The number of nitrogens with zero attached hydrogens (tertiary/aromatic N) is 1. The van der Waals surface area contributed by atoms with E-state index in [2.05, 4.69) is 25.7 Å². The van der Waals surface area contributed by atoms with Crippen LogP contribution in [0.15, 0.2) is 0 Å². The zero-order valence-electron chi connectivity index (χ0n) is 39.1. The van der Waals surface area contributed by atoms with Crippen LogP contribution < -0.4 is 0 Å². The SMILES string of the molecule is CCCCCCCCCOC(=O)C(C)(C)CCCCCCN(CCO)CCCCCCC1(C(=O)OC(CCCCCCCC)CCCCCCCC)CCCCC1. The van der Waals surface area contributed by atoms with Gasteiger partial charge in [0, 0.05) is 6.54 Å². The lowest BCUT2D eigenvalue weighted by Crippen LogP contribution is -2.37. The Morgan fingerprint density at radius 2 is 1.04 bits per heavy atom. The molecule has 6 heteroatoms. The molecule has 1 rings (SSSR count). The minimum atomic E-state index is -0.413. The van der Waals surface area contributed by atoms with Crippen LogP contribution >= 0.6 is 0 Å². The molecule has 0 bridgehead atoms. The molecule has 0 spiro atoms. The fourth-order valence-electron chi connectivity index (χ4n) is 9.03. The summed E-state index contributed by atoms with van der Waals surface area (Å²) in [4.78, 5) is 29.2. The van der Waals surface area contributed by atoms with Crippen LogP contribution in [0.5, 0.6) is 0 Å². The summed E-state index contributed by atoms with van der Waals surface area (Å²) in [6.07, 6.45) is 42.7. The first-order valence-electron chi connectivity index (χ1n) is 25.5. The molecular formula is C51H99NO5. The quantitative estimate of drug-likeness (QED) is 0.0490. The average Bonchev–Trinajstić information content (AvgIpc) is 3.20. The van der Waals surface area contributed by atoms with E-state index in [0.29, 0.717) is 6.61 Å². The number of esters is 2. The number of hydrogen-bond acceptors (Lipinski definition) is 6. The van der Waals surface area contributed by atoms with E-state index in [1.165, 1.54) is 122 Å². The van der Waals surface area contributed by atoms with Gasteiger partial charge < -0.3 is 19.5 Å². The summed E-state index contributed by atoms with van der Waals surface area (Å²) < 4.78 is 12.2. The van der Waals surface area contributed by atoms with Gasteiger partial charge in [0.15, 0.2) is 0 Å². The van der Waals surface area contributed by atoms with Gasteiger partial charge in [0.1, 0.15) is 6.10 Å². The standard InChI is InChI=1S/C51H99NO5/c1-6-9-12-15-18-25-35-46-56-48(54)50(4,5)38-29-21-23-33-42-52(44-45-53)43-34-24-22-30-39-51(40-31-26-32-41-51)49(55)57-47(36-27-19-16-13-10-7-2)37-28-20-17-14-11-8-3/h47,53H,6-46H2,1-5H3. The van der Waals surface area contributed by atoms with Crippen LogP contribution in [-0.2, 0) is 19.1 Å². The Bertz CT molecular complexity index is 899. The maximum Gasteiger partial charge on any atom is 0.312 e. The second-order valence-corrected chi connectivity index (χ2v) is 19.0. The molecule has 0 unspecified atom stereocenters. The van der Waals surface area contributed by atoms with Crippen molar-refractivity contribution in [1.29, 1.82) is 0 Å². The number of unbranched alkanes of at least 4 members (excludes halogenated alkanes) is 22. The third-order valence-corrected chi connectivity index (χ3v) is 13.1. The van der Waals surface area contributed by atoms with Crippen molar-refractivity contribution in [3.63, 3.8) is 0 Å². The number of aliphatic hydroxyl groups is 1. The molecule has 1 N–H and O–H groups in total. The van der Waals surface area contributed by atoms with Gasteiger partial charge in [-0.25, -0.2) is 0 Å². The number of aliphatic hydroxyl groups excluding tert-OH is 1. The van der Waals surface area contributed by atoms with Crippen molar-refractivity contribution in [1.82, 2.24) is 4.90 Å². The molecule has 338 valence electrons. The van der Waals surface area contributed by atoms with Gasteiger partial charge in [-0.05, 0) is 97.6 Å².